The van der Waals surface area contributed by atoms with Crippen molar-refractivity contribution in [1.29, 1.82) is 0 Å². The predicted octanol–water partition coefficient (Wildman–Crippen LogP) is 9.32. The van der Waals surface area contributed by atoms with Crippen LogP contribution in [0, 0.1) is 0 Å². The molecule has 3 unspecified atom stereocenters. The van der Waals surface area contributed by atoms with Crippen LogP contribution in [0.2, 0.25) is 0 Å². The number of hydrogen-bond donors (Lipinski definition) is 4. The number of carbonyl (C=O) groups is 1. The van der Waals surface area contributed by atoms with Crippen LogP contribution in [0.25, 0.3) is 0 Å². The lowest BCUT2D eigenvalue weighted by molar-refractivity contribution is -0.123. The standard InChI is InChI=1S/C38H67N2O6P/c1-3-5-7-9-11-13-14-15-16-17-18-19-20-21-22-24-26-28-30-32-38(42)40-36(35-46-47(43,44)45-34-33-39)37(41)31-29-27-25-23-12-10-8-6-4-2/h4,6,11-13,15-16,18-19,23,29,31,36-37,41H,3,5,7-10,14,17,20-22,24-28,30,32-35,39H2,1-2H3,(H,40,42)(H,43,44)/b6-4+,13-11-,16-15-,19-18-,23-12+,31-29+. The summed E-state index contributed by atoms with van der Waals surface area (Å²) in [5.41, 5.74) is 5.33. The molecule has 0 saturated heterocycles. The highest BCUT2D eigenvalue weighted by atomic mass is 31.2. The number of phosphoric ester groups is 1. The second-order valence-electron chi connectivity index (χ2n) is 11.7. The van der Waals surface area contributed by atoms with Crippen LogP contribution < -0.4 is 11.1 Å². The molecule has 0 aromatic rings. The van der Waals surface area contributed by atoms with Crippen molar-refractivity contribution in [3.63, 3.8) is 0 Å². The number of nitrogens with two attached hydrogens (primary N) is 1. The largest absolute Gasteiger partial charge is 0.472 e. The summed E-state index contributed by atoms with van der Waals surface area (Å²) in [7, 11) is -4.35. The zero-order valence-corrected chi connectivity index (χ0v) is 30.4. The maximum Gasteiger partial charge on any atom is 0.472 e. The third kappa shape index (κ3) is 32.3. The summed E-state index contributed by atoms with van der Waals surface area (Å²) in [6.45, 7) is 3.79. The summed E-state index contributed by atoms with van der Waals surface area (Å²) in [5, 5.41) is 13.5. The van der Waals surface area contributed by atoms with Crippen LogP contribution >= 0.6 is 7.82 Å². The smallest absolute Gasteiger partial charge is 0.387 e. The highest BCUT2D eigenvalue weighted by Gasteiger charge is 2.26. The lowest BCUT2D eigenvalue weighted by Gasteiger charge is -2.23. The van der Waals surface area contributed by atoms with E-state index in [1.54, 1.807) is 6.08 Å². The molecule has 0 radical (unpaired) electrons. The van der Waals surface area contributed by atoms with E-state index in [4.69, 9.17) is 14.8 Å². The number of nitrogens with one attached hydrogen (secondary N) is 1. The molecule has 0 heterocycles. The molecule has 9 heteroatoms. The average Bonchev–Trinajstić information content (AvgIpc) is 3.05. The van der Waals surface area contributed by atoms with Gasteiger partial charge in [0, 0.05) is 13.0 Å². The van der Waals surface area contributed by atoms with Gasteiger partial charge in [-0.2, -0.15) is 0 Å². The maximum atomic E-state index is 12.6. The molecule has 0 bridgehead atoms. The van der Waals surface area contributed by atoms with Gasteiger partial charge in [-0.3, -0.25) is 13.8 Å². The first-order valence-electron chi connectivity index (χ1n) is 18.0. The molecule has 5 N–H and O–H groups in total. The minimum atomic E-state index is -4.35. The van der Waals surface area contributed by atoms with E-state index in [0.29, 0.717) is 6.42 Å². The lowest BCUT2D eigenvalue weighted by atomic mass is 10.1. The number of allylic oxidation sites excluding steroid dienone is 11. The number of phosphoric acid groups is 1. The molecule has 3 atom stereocenters. The fourth-order valence-corrected chi connectivity index (χ4v) is 5.35. The Balaban J connectivity index is 4.31. The Morgan fingerprint density at radius 3 is 1.89 bits per heavy atom. The number of unbranched alkanes of at least 4 members (excludes halogenated alkanes) is 11. The number of hydrogen-bond acceptors (Lipinski definition) is 6. The summed E-state index contributed by atoms with van der Waals surface area (Å²) in [6.07, 6.45) is 42.6. The third-order valence-electron chi connectivity index (χ3n) is 7.33. The molecule has 0 rings (SSSR count). The molecule has 0 aromatic carbocycles. The molecule has 47 heavy (non-hydrogen) atoms. The van der Waals surface area contributed by atoms with Crippen molar-refractivity contribution in [1.82, 2.24) is 5.32 Å². The average molecular weight is 679 g/mol. The highest BCUT2D eigenvalue weighted by molar-refractivity contribution is 7.47. The second-order valence-corrected chi connectivity index (χ2v) is 13.2. The third-order valence-corrected chi connectivity index (χ3v) is 8.31. The van der Waals surface area contributed by atoms with Crippen molar-refractivity contribution in [3.8, 4) is 0 Å². The topological polar surface area (TPSA) is 131 Å². The van der Waals surface area contributed by atoms with Gasteiger partial charge in [-0.15, -0.1) is 0 Å². The van der Waals surface area contributed by atoms with Gasteiger partial charge in [0.1, 0.15) is 0 Å². The molecular weight excluding hydrogens is 611 g/mol. The zero-order chi connectivity index (χ0) is 34.7. The number of carbonyl (C=O) groups excluding carboxylic acids is 1. The van der Waals surface area contributed by atoms with Crippen LogP contribution in [-0.2, 0) is 18.4 Å². The van der Waals surface area contributed by atoms with Crippen molar-refractivity contribution in [2.24, 2.45) is 5.73 Å². The van der Waals surface area contributed by atoms with Crippen molar-refractivity contribution in [3.05, 3.63) is 72.9 Å². The SMILES string of the molecule is C/C=C/CC/C=C/CC/C=C/C(O)C(COP(=O)(O)OCCN)NC(=O)CCCCCCCC/C=C\C/C=C\C/C=C\CCCCC. The van der Waals surface area contributed by atoms with Crippen molar-refractivity contribution in [2.75, 3.05) is 19.8 Å². The fourth-order valence-electron chi connectivity index (χ4n) is 4.59. The monoisotopic (exact) mass is 678 g/mol. The van der Waals surface area contributed by atoms with Gasteiger partial charge in [0.05, 0.1) is 25.4 Å². The fraction of sp³-hybridized carbons (Fsp3) is 0.658. The second kappa shape index (κ2) is 33.8. The van der Waals surface area contributed by atoms with Gasteiger partial charge >= 0.3 is 7.82 Å². The van der Waals surface area contributed by atoms with Gasteiger partial charge < -0.3 is 21.1 Å². The Kier molecular flexibility index (Phi) is 32.3. The summed E-state index contributed by atoms with van der Waals surface area (Å²) in [5.74, 6) is -0.229. The van der Waals surface area contributed by atoms with Crippen LogP contribution in [0.5, 0.6) is 0 Å². The maximum absolute atomic E-state index is 12.6. The van der Waals surface area contributed by atoms with Crippen LogP contribution in [0.1, 0.15) is 129 Å². The summed E-state index contributed by atoms with van der Waals surface area (Å²) >= 11 is 0. The van der Waals surface area contributed by atoms with Gasteiger partial charge in [-0.1, -0.05) is 118 Å². The summed E-state index contributed by atoms with van der Waals surface area (Å²) in [6, 6.07) is -0.891. The quantitative estimate of drug-likeness (QED) is 0.0317. The Morgan fingerprint density at radius 1 is 0.745 bits per heavy atom. The molecular formula is C38H67N2O6P. The number of aliphatic hydroxyl groups excluding tert-OH is 1. The van der Waals surface area contributed by atoms with Gasteiger partial charge in [0.25, 0.3) is 0 Å². The van der Waals surface area contributed by atoms with E-state index >= 15 is 0 Å². The normalized spacial score (nSPS) is 15.3. The first kappa shape index (κ1) is 44.9. The van der Waals surface area contributed by atoms with E-state index in [9.17, 15) is 19.4 Å². The molecule has 0 spiro atoms. The molecule has 0 aliphatic rings. The summed E-state index contributed by atoms with van der Waals surface area (Å²) in [4.78, 5) is 22.5. The van der Waals surface area contributed by atoms with Crippen molar-refractivity contribution >= 4 is 13.7 Å². The molecule has 0 aliphatic carbocycles. The van der Waals surface area contributed by atoms with Gasteiger partial charge in [0.2, 0.25) is 5.91 Å². The Hall–Kier alpha value is -2.06. The van der Waals surface area contributed by atoms with E-state index in [0.717, 1.165) is 70.6 Å². The van der Waals surface area contributed by atoms with Gasteiger partial charge in [-0.25, -0.2) is 4.57 Å². The highest BCUT2D eigenvalue weighted by Crippen LogP contribution is 2.43. The molecule has 270 valence electrons. The number of aliphatic hydroxyl groups is 1. The Labute approximate surface area is 287 Å². The lowest BCUT2D eigenvalue weighted by Crippen LogP contribution is -2.45. The van der Waals surface area contributed by atoms with E-state index < -0.39 is 20.0 Å². The van der Waals surface area contributed by atoms with Crippen molar-refractivity contribution < 1.29 is 28.4 Å². The molecule has 8 nitrogen and oxygen atoms in total. The molecule has 0 saturated carbocycles. The van der Waals surface area contributed by atoms with E-state index in [2.05, 4.69) is 66.9 Å². The Morgan fingerprint density at radius 2 is 1.28 bits per heavy atom. The van der Waals surface area contributed by atoms with E-state index in [1.165, 1.54) is 38.5 Å². The van der Waals surface area contributed by atoms with E-state index in [-0.39, 0.29) is 25.7 Å². The molecule has 0 aromatic heterocycles. The van der Waals surface area contributed by atoms with E-state index in [1.807, 2.05) is 19.1 Å². The van der Waals surface area contributed by atoms with Crippen molar-refractivity contribution in [2.45, 2.75) is 142 Å². The summed E-state index contributed by atoms with van der Waals surface area (Å²) < 4.78 is 21.9. The first-order valence-corrected chi connectivity index (χ1v) is 19.5. The van der Waals surface area contributed by atoms with Crippen LogP contribution in [0.3, 0.4) is 0 Å². The van der Waals surface area contributed by atoms with Crippen LogP contribution in [0.4, 0.5) is 0 Å². The first-order chi connectivity index (χ1) is 22.9. The van der Waals surface area contributed by atoms with Crippen LogP contribution in [0.15, 0.2) is 72.9 Å². The van der Waals surface area contributed by atoms with Gasteiger partial charge in [-0.05, 0) is 77.6 Å². The van der Waals surface area contributed by atoms with Crippen LogP contribution in [-0.4, -0.2) is 47.8 Å². The molecule has 0 fully saturated rings. The molecule has 0 aliphatic heterocycles. The Bertz CT molecular complexity index is 960. The zero-order valence-electron chi connectivity index (χ0n) is 29.5. The minimum absolute atomic E-state index is 0.0653. The van der Waals surface area contributed by atoms with Gasteiger partial charge in [0.15, 0.2) is 0 Å². The molecule has 1 amide bonds. The minimum Gasteiger partial charge on any atom is -0.387 e. The predicted molar refractivity (Wildman–Crippen MR) is 198 cm³/mol. The number of amides is 1. The number of rotatable bonds is 32.